The van der Waals surface area contributed by atoms with Gasteiger partial charge in [-0.15, -0.1) is 0 Å². The number of hydrogen-bond donors (Lipinski definition) is 2. The molecule has 10 heteroatoms. The van der Waals surface area contributed by atoms with Gasteiger partial charge < -0.3 is 24.5 Å². The molecule has 246 valence electrons. The van der Waals surface area contributed by atoms with Crippen molar-refractivity contribution in [3.05, 3.63) is 162 Å². The lowest BCUT2D eigenvalue weighted by Crippen LogP contribution is -2.47. The lowest BCUT2D eigenvalue weighted by Gasteiger charge is -2.48. The predicted molar refractivity (Wildman–Crippen MR) is 184 cm³/mol. The minimum Gasteiger partial charge on any atom is -0.497 e. The number of carbonyl (C=O) groups is 1. The van der Waals surface area contributed by atoms with Gasteiger partial charge in [0, 0.05) is 24.0 Å². The van der Waals surface area contributed by atoms with Crippen molar-refractivity contribution in [1.29, 1.82) is 0 Å². The molecule has 2 N–H and O–H groups in total. The summed E-state index contributed by atoms with van der Waals surface area (Å²) in [6.07, 6.45) is 3.47. The highest BCUT2D eigenvalue weighted by Gasteiger charge is 2.49. The minimum atomic E-state index is -1.05. The van der Waals surface area contributed by atoms with Gasteiger partial charge in [-0.2, -0.15) is 0 Å². The first-order chi connectivity index (χ1) is 24.1. The highest BCUT2D eigenvalue weighted by Crippen LogP contribution is 2.52. The first kappa shape index (κ1) is 31.9. The van der Waals surface area contributed by atoms with Crippen molar-refractivity contribution in [3.63, 3.8) is 0 Å². The van der Waals surface area contributed by atoms with E-state index < -0.39 is 23.5 Å². The highest BCUT2D eigenvalue weighted by atomic mass is 19.1. The number of nitrogens with zero attached hydrogens (tertiary/aromatic N) is 4. The average molecular weight is 656 g/mol. The molecule has 0 aliphatic heterocycles. The van der Waals surface area contributed by atoms with Crippen LogP contribution in [0.15, 0.2) is 140 Å². The monoisotopic (exact) mass is 655 g/mol. The summed E-state index contributed by atoms with van der Waals surface area (Å²) in [7, 11) is 1.62. The maximum atomic E-state index is 14.9. The molecular weight excluding hydrogens is 621 g/mol. The molecular formula is C39H34FN5O4. The van der Waals surface area contributed by atoms with Crippen molar-refractivity contribution >= 4 is 22.9 Å². The van der Waals surface area contributed by atoms with Gasteiger partial charge in [0.25, 0.3) is 5.91 Å². The Morgan fingerprint density at radius 1 is 0.878 bits per heavy atom. The fourth-order valence-corrected chi connectivity index (χ4v) is 6.83. The number of methoxy groups -OCH3 is 1. The zero-order valence-corrected chi connectivity index (χ0v) is 26.7. The molecule has 0 saturated heterocycles. The van der Waals surface area contributed by atoms with Gasteiger partial charge in [-0.1, -0.05) is 91.0 Å². The van der Waals surface area contributed by atoms with Gasteiger partial charge >= 0.3 is 0 Å². The second-order valence-electron chi connectivity index (χ2n) is 11.8. The lowest BCUT2D eigenvalue weighted by atomic mass is 9.65. The number of imidazole rings is 1. The number of fused-ring (bicyclic) bond motifs is 1. The molecule has 0 spiro atoms. The van der Waals surface area contributed by atoms with E-state index in [0.29, 0.717) is 34.4 Å². The number of aliphatic hydroxyl groups is 1. The van der Waals surface area contributed by atoms with Gasteiger partial charge in [0.05, 0.1) is 32.4 Å². The maximum Gasteiger partial charge on any atom is 0.256 e. The van der Waals surface area contributed by atoms with Gasteiger partial charge in [-0.3, -0.25) is 4.79 Å². The Morgan fingerprint density at radius 3 is 2.08 bits per heavy atom. The molecule has 49 heavy (non-hydrogen) atoms. The number of amides is 1. The van der Waals surface area contributed by atoms with Crippen LogP contribution in [0.5, 0.6) is 5.75 Å². The summed E-state index contributed by atoms with van der Waals surface area (Å²) < 4.78 is 29.1. The maximum absolute atomic E-state index is 14.9. The van der Waals surface area contributed by atoms with Crippen molar-refractivity contribution < 1.29 is 23.8 Å². The molecule has 6 aromatic rings. The van der Waals surface area contributed by atoms with Crippen molar-refractivity contribution in [2.24, 2.45) is 11.8 Å². The fraction of sp³-hybridized carbons (Fsp3) is 0.179. The Morgan fingerprint density at radius 2 is 1.49 bits per heavy atom. The molecule has 7 rings (SSSR count). The number of rotatable bonds is 11. The quantitative estimate of drug-likeness (QED) is 0.149. The van der Waals surface area contributed by atoms with E-state index in [1.807, 2.05) is 91.0 Å². The number of ether oxygens (including phenoxy) is 2. The number of aliphatic hydroxyl groups excluding tert-OH is 1. The number of benzene rings is 4. The van der Waals surface area contributed by atoms with Crippen LogP contribution in [-0.2, 0) is 10.3 Å². The number of hydrogen-bond acceptors (Lipinski definition) is 7. The Labute approximate surface area is 282 Å². The largest absolute Gasteiger partial charge is 0.497 e. The van der Waals surface area contributed by atoms with Crippen molar-refractivity contribution in [1.82, 2.24) is 19.5 Å². The minimum absolute atomic E-state index is 0.104. The predicted octanol–water partition coefficient (Wildman–Crippen LogP) is 6.73. The summed E-state index contributed by atoms with van der Waals surface area (Å²) in [4.78, 5) is 26.1. The second-order valence-corrected chi connectivity index (χ2v) is 11.8. The zero-order valence-electron chi connectivity index (χ0n) is 26.7. The van der Waals surface area contributed by atoms with Crippen LogP contribution in [0.25, 0.3) is 11.2 Å². The van der Waals surface area contributed by atoms with Gasteiger partial charge in [0.15, 0.2) is 17.0 Å². The molecule has 1 aliphatic carbocycles. The number of halogens is 1. The number of carbonyl (C=O) groups excluding carboxylic acids is 1. The van der Waals surface area contributed by atoms with E-state index in [-0.39, 0.29) is 24.9 Å². The summed E-state index contributed by atoms with van der Waals surface area (Å²) in [5.41, 5.74) is 3.28. The summed E-state index contributed by atoms with van der Waals surface area (Å²) in [5.74, 6) is -0.273. The Balaban J connectivity index is 1.22. The van der Waals surface area contributed by atoms with Crippen molar-refractivity contribution in [2.75, 3.05) is 25.6 Å². The van der Waals surface area contributed by atoms with Crippen LogP contribution in [0.1, 0.15) is 33.1 Å². The zero-order chi connectivity index (χ0) is 33.8. The molecule has 3 atom stereocenters. The van der Waals surface area contributed by atoms with E-state index in [1.54, 1.807) is 42.3 Å². The number of aromatic nitrogens is 4. The molecule has 1 saturated carbocycles. The molecule has 4 aromatic carbocycles. The summed E-state index contributed by atoms with van der Waals surface area (Å²) in [6, 6.07) is 35.8. The van der Waals surface area contributed by atoms with Gasteiger partial charge in [-0.05, 0) is 46.5 Å². The summed E-state index contributed by atoms with van der Waals surface area (Å²) >= 11 is 0. The normalized spacial score (nSPS) is 18.3. The molecule has 1 aliphatic rings. The summed E-state index contributed by atoms with van der Waals surface area (Å²) in [6.45, 7) is -0.127. The molecule has 9 nitrogen and oxygen atoms in total. The lowest BCUT2D eigenvalue weighted by molar-refractivity contribution is -0.0443. The van der Waals surface area contributed by atoms with E-state index in [0.717, 1.165) is 16.7 Å². The summed E-state index contributed by atoms with van der Waals surface area (Å²) in [5, 5.41) is 13.5. The first-order valence-corrected chi connectivity index (χ1v) is 15.9. The van der Waals surface area contributed by atoms with Crippen LogP contribution < -0.4 is 10.1 Å². The third kappa shape index (κ3) is 5.75. The number of anilines is 1. The van der Waals surface area contributed by atoms with Crippen LogP contribution >= 0.6 is 0 Å². The van der Waals surface area contributed by atoms with Crippen LogP contribution in [0, 0.1) is 11.8 Å². The molecule has 2 heterocycles. The highest BCUT2D eigenvalue weighted by molar-refractivity contribution is 6.06. The second kappa shape index (κ2) is 13.8. The molecule has 2 aromatic heterocycles. The van der Waals surface area contributed by atoms with Gasteiger partial charge in [-0.25, -0.2) is 19.3 Å². The molecule has 0 bridgehead atoms. The van der Waals surface area contributed by atoms with Crippen molar-refractivity contribution in [2.45, 2.75) is 11.6 Å². The third-order valence-electron chi connectivity index (χ3n) is 9.29. The molecule has 1 fully saturated rings. The van der Waals surface area contributed by atoms with Crippen LogP contribution in [0.2, 0.25) is 0 Å². The Hall–Kier alpha value is -5.71. The smallest absolute Gasteiger partial charge is 0.256 e. The van der Waals surface area contributed by atoms with Gasteiger partial charge in [0.2, 0.25) is 0 Å². The van der Waals surface area contributed by atoms with E-state index in [9.17, 15) is 14.3 Å². The van der Waals surface area contributed by atoms with Crippen molar-refractivity contribution in [3.8, 4) is 5.75 Å². The van der Waals surface area contributed by atoms with Crippen LogP contribution in [0.4, 0.5) is 10.2 Å². The van der Waals surface area contributed by atoms with Crippen LogP contribution in [0.3, 0.4) is 0 Å². The van der Waals surface area contributed by atoms with E-state index in [4.69, 9.17) is 9.47 Å². The van der Waals surface area contributed by atoms with Crippen LogP contribution in [-0.4, -0.2) is 50.9 Å². The SMILES string of the molecule is COc1ccc(C(OC[C@@H]2/C(=C/F)[C@H](n3cnc4c(NC(=O)c5ccccc5)ncnc43)[C@H]2CO)(c2ccccc2)c2ccccc2)cc1. The van der Waals surface area contributed by atoms with E-state index in [1.165, 1.54) is 6.33 Å². The first-order valence-electron chi connectivity index (χ1n) is 15.9. The van der Waals surface area contributed by atoms with Gasteiger partial charge in [0.1, 0.15) is 17.7 Å². The average Bonchev–Trinajstić information content (AvgIpc) is 3.58. The standard InChI is InChI=1S/C39H34FN5O4/c1-48-30-19-17-29(18-20-30)39(27-13-7-3-8-14-27,28-15-9-4-10-16-28)49-23-33-31(21-40)35(32(33)22-46)45-25-43-34-36(41-24-42-37(34)45)44-38(47)26-11-5-2-6-12-26/h2-21,24-25,32-33,35,46H,22-23H2,1H3,(H,41,42,44,47)/b31-21-/t32-,33+,35-/m0/s1. The molecule has 1 amide bonds. The third-order valence-corrected chi connectivity index (χ3v) is 9.29. The number of nitrogens with one attached hydrogen (secondary N) is 1. The van der Waals surface area contributed by atoms with E-state index >= 15 is 0 Å². The topological polar surface area (TPSA) is 111 Å². The molecule has 0 unspecified atom stereocenters. The Kier molecular flexibility index (Phi) is 8.97. The van der Waals surface area contributed by atoms with E-state index in [2.05, 4.69) is 20.3 Å². The fourth-order valence-electron chi connectivity index (χ4n) is 6.83. The molecule has 0 radical (unpaired) electrons. The Bertz CT molecular complexity index is 2030.